The number of imidazole rings is 1. The molecule has 3 heterocycles. The molecule has 0 spiro atoms. The van der Waals surface area contributed by atoms with E-state index in [1.165, 1.54) is 6.07 Å². The molecule has 1 aromatic carbocycles. The zero-order valence-corrected chi connectivity index (χ0v) is 18.1. The topological polar surface area (TPSA) is 75.0 Å². The fraction of sp³-hybridized carbons (Fsp3) is 0.500. The standard InChI is InChI=1S/C22H29FN6O2/c1-16-25-7-8-29(16)19-6-5-17(14-18(19)23)15-26-22(24-2)28-11-9-27(10-12-28)21(30)20-4-3-13-31-20/h5-8,14,20H,3-4,9-13,15H2,1-2H3,(H,24,26). The average Bonchev–Trinajstić information content (AvgIpc) is 3.46. The molecular weight excluding hydrogens is 399 g/mol. The molecule has 9 heteroatoms. The molecule has 1 atom stereocenters. The van der Waals surface area contributed by atoms with Crippen molar-refractivity contribution in [1.82, 2.24) is 24.7 Å². The van der Waals surface area contributed by atoms with Crippen LogP contribution in [0.5, 0.6) is 0 Å². The lowest BCUT2D eigenvalue weighted by Crippen LogP contribution is -2.55. The Morgan fingerprint density at radius 1 is 1.29 bits per heavy atom. The van der Waals surface area contributed by atoms with E-state index in [4.69, 9.17) is 4.74 Å². The molecule has 1 unspecified atom stereocenters. The van der Waals surface area contributed by atoms with E-state index < -0.39 is 0 Å². The number of aromatic nitrogens is 2. The molecule has 8 nitrogen and oxygen atoms in total. The number of nitrogens with zero attached hydrogens (tertiary/aromatic N) is 5. The number of piperazine rings is 1. The molecule has 1 aromatic heterocycles. The Balaban J connectivity index is 1.31. The van der Waals surface area contributed by atoms with E-state index in [-0.39, 0.29) is 17.8 Å². The van der Waals surface area contributed by atoms with E-state index in [1.807, 2.05) is 17.9 Å². The maximum absolute atomic E-state index is 14.6. The predicted octanol–water partition coefficient (Wildman–Crippen LogP) is 1.72. The Bertz CT molecular complexity index is 945. The summed E-state index contributed by atoms with van der Waals surface area (Å²) in [5, 5.41) is 3.31. The number of hydrogen-bond acceptors (Lipinski definition) is 4. The number of ether oxygens (including phenoxy) is 1. The number of carbonyl (C=O) groups excluding carboxylic acids is 1. The van der Waals surface area contributed by atoms with Crippen molar-refractivity contribution < 1.29 is 13.9 Å². The van der Waals surface area contributed by atoms with Gasteiger partial charge in [0.2, 0.25) is 0 Å². The summed E-state index contributed by atoms with van der Waals surface area (Å²) in [5.41, 5.74) is 1.31. The van der Waals surface area contributed by atoms with Crippen LogP contribution in [-0.2, 0) is 16.1 Å². The highest BCUT2D eigenvalue weighted by Gasteiger charge is 2.30. The molecule has 166 valence electrons. The van der Waals surface area contributed by atoms with Gasteiger partial charge in [-0.25, -0.2) is 9.37 Å². The summed E-state index contributed by atoms with van der Waals surface area (Å²) in [4.78, 5) is 25.0. The first-order chi connectivity index (χ1) is 15.1. The van der Waals surface area contributed by atoms with Crippen molar-refractivity contribution in [2.45, 2.75) is 32.4 Å². The molecule has 2 aromatic rings. The second kappa shape index (κ2) is 9.47. The van der Waals surface area contributed by atoms with Gasteiger partial charge in [-0.05, 0) is 37.5 Å². The van der Waals surface area contributed by atoms with Gasteiger partial charge in [-0.15, -0.1) is 0 Å². The lowest BCUT2D eigenvalue weighted by Gasteiger charge is -2.37. The maximum atomic E-state index is 14.6. The number of halogens is 1. The molecule has 1 N–H and O–H groups in total. The highest BCUT2D eigenvalue weighted by molar-refractivity contribution is 5.82. The maximum Gasteiger partial charge on any atom is 0.251 e. The zero-order chi connectivity index (χ0) is 21.8. The van der Waals surface area contributed by atoms with Crippen LogP contribution in [0.2, 0.25) is 0 Å². The fourth-order valence-corrected chi connectivity index (χ4v) is 4.12. The number of hydrogen-bond donors (Lipinski definition) is 1. The summed E-state index contributed by atoms with van der Waals surface area (Å²) in [6.07, 6.45) is 4.90. The predicted molar refractivity (Wildman–Crippen MR) is 116 cm³/mol. The van der Waals surface area contributed by atoms with Gasteiger partial charge in [0.15, 0.2) is 5.96 Å². The average molecular weight is 429 g/mol. The Morgan fingerprint density at radius 2 is 2.06 bits per heavy atom. The number of carbonyl (C=O) groups is 1. The third-order valence-corrected chi connectivity index (χ3v) is 5.86. The normalized spacial score (nSPS) is 19.7. The lowest BCUT2D eigenvalue weighted by atomic mass is 10.2. The SMILES string of the molecule is CN=C(NCc1ccc(-n2ccnc2C)c(F)c1)N1CCN(C(=O)C2CCCO2)CC1. The van der Waals surface area contributed by atoms with E-state index in [0.29, 0.717) is 45.0 Å². The van der Waals surface area contributed by atoms with Gasteiger partial charge in [0.1, 0.15) is 17.7 Å². The van der Waals surface area contributed by atoms with Crippen LogP contribution in [0.1, 0.15) is 24.2 Å². The number of aryl methyl sites for hydroxylation is 1. The van der Waals surface area contributed by atoms with Crippen molar-refractivity contribution in [2.75, 3.05) is 39.8 Å². The quantitative estimate of drug-likeness (QED) is 0.593. The monoisotopic (exact) mass is 428 g/mol. The van der Waals surface area contributed by atoms with Crippen LogP contribution >= 0.6 is 0 Å². The smallest absolute Gasteiger partial charge is 0.251 e. The number of guanidine groups is 1. The minimum Gasteiger partial charge on any atom is -0.368 e. The van der Waals surface area contributed by atoms with E-state index in [9.17, 15) is 9.18 Å². The third kappa shape index (κ3) is 4.71. The van der Waals surface area contributed by atoms with Crippen molar-refractivity contribution in [1.29, 1.82) is 0 Å². The number of rotatable bonds is 4. The first kappa shape index (κ1) is 21.3. The number of benzene rings is 1. The Hall–Kier alpha value is -2.94. The molecule has 0 aliphatic carbocycles. The molecule has 2 fully saturated rings. The second-order valence-corrected chi connectivity index (χ2v) is 7.84. The largest absolute Gasteiger partial charge is 0.368 e. The van der Waals surface area contributed by atoms with Gasteiger partial charge in [-0.1, -0.05) is 6.07 Å². The summed E-state index contributed by atoms with van der Waals surface area (Å²) in [6.45, 7) is 5.67. The van der Waals surface area contributed by atoms with Crippen molar-refractivity contribution in [2.24, 2.45) is 4.99 Å². The molecule has 2 saturated heterocycles. The van der Waals surface area contributed by atoms with Crippen molar-refractivity contribution in [3.8, 4) is 5.69 Å². The zero-order valence-electron chi connectivity index (χ0n) is 18.1. The van der Waals surface area contributed by atoms with Gasteiger partial charge in [0.05, 0.1) is 5.69 Å². The number of nitrogens with one attached hydrogen (secondary N) is 1. The Morgan fingerprint density at radius 3 is 2.68 bits per heavy atom. The van der Waals surface area contributed by atoms with E-state index in [1.54, 1.807) is 30.1 Å². The molecule has 2 aliphatic rings. The first-order valence-corrected chi connectivity index (χ1v) is 10.7. The molecule has 31 heavy (non-hydrogen) atoms. The van der Waals surface area contributed by atoms with Crippen LogP contribution in [0.15, 0.2) is 35.6 Å². The van der Waals surface area contributed by atoms with Gasteiger partial charge in [-0.2, -0.15) is 0 Å². The molecule has 4 rings (SSSR count). The van der Waals surface area contributed by atoms with Gasteiger partial charge in [-0.3, -0.25) is 9.79 Å². The fourth-order valence-electron chi connectivity index (χ4n) is 4.12. The number of amides is 1. The van der Waals surface area contributed by atoms with Gasteiger partial charge in [0.25, 0.3) is 5.91 Å². The highest BCUT2D eigenvalue weighted by atomic mass is 19.1. The number of aliphatic imine (C=N–C) groups is 1. The second-order valence-electron chi connectivity index (χ2n) is 7.84. The van der Waals surface area contributed by atoms with Crippen LogP contribution in [-0.4, -0.2) is 77.2 Å². The van der Waals surface area contributed by atoms with E-state index >= 15 is 0 Å². The summed E-state index contributed by atoms with van der Waals surface area (Å²) in [5.74, 6) is 1.29. The molecule has 0 saturated carbocycles. The summed E-state index contributed by atoms with van der Waals surface area (Å²) < 4.78 is 21.9. The molecular formula is C22H29FN6O2. The molecule has 1 amide bonds. The first-order valence-electron chi connectivity index (χ1n) is 10.7. The van der Waals surface area contributed by atoms with Gasteiger partial charge >= 0.3 is 0 Å². The van der Waals surface area contributed by atoms with Crippen molar-refractivity contribution in [3.05, 3.63) is 47.8 Å². The van der Waals surface area contributed by atoms with Crippen LogP contribution in [0.3, 0.4) is 0 Å². The minimum atomic E-state index is -0.295. The molecule has 0 radical (unpaired) electrons. The summed E-state index contributed by atoms with van der Waals surface area (Å²) in [7, 11) is 1.73. The van der Waals surface area contributed by atoms with Crippen LogP contribution in [0, 0.1) is 12.7 Å². The van der Waals surface area contributed by atoms with E-state index in [2.05, 4.69) is 20.2 Å². The Kier molecular flexibility index (Phi) is 6.50. The van der Waals surface area contributed by atoms with Crippen LogP contribution < -0.4 is 5.32 Å². The van der Waals surface area contributed by atoms with Crippen molar-refractivity contribution in [3.63, 3.8) is 0 Å². The van der Waals surface area contributed by atoms with Crippen LogP contribution in [0.4, 0.5) is 4.39 Å². The van der Waals surface area contributed by atoms with Gasteiger partial charge < -0.3 is 24.4 Å². The molecule has 2 aliphatic heterocycles. The summed E-state index contributed by atoms with van der Waals surface area (Å²) >= 11 is 0. The van der Waals surface area contributed by atoms with Crippen molar-refractivity contribution >= 4 is 11.9 Å². The third-order valence-electron chi connectivity index (χ3n) is 5.86. The van der Waals surface area contributed by atoms with E-state index in [0.717, 1.165) is 30.2 Å². The van der Waals surface area contributed by atoms with Gasteiger partial charge in [0, 0.05) is 58.8 Å². The lowest BCUT2D eigenvalue weighted by molar-refractivity contribution is -0.142. The minimum absolute atomic E-state index is 0.101. The van der Waals surface area contributed by atoms with Crippen LogP contribution in [0.25, 0.3) is 5.69 Å². The Labute approximate surface area is 181 Å². The molecule has 0 bridgehead atoms. The highest BCUT2D eigenvalue weighted by Crippen LogP contribution is 2.18. The summed E-state index contributed by atoms with van der Waals surface area (Å²) in [6, 6.07) is 5.20.